The van der Waals surface area contributed by atoms with E-state index >= 15 is 0 Å². The van der Waals surface area contributed by atoms with E-state index in [-0.39, 0.29) is 24.1 Å². The number of carbonyl (C=O) groups excluding carboxylic acids is 2. The number of carbonyl (C=O) groups is 3. The lowest BCUT2D eigenvalue weighted by molar-refractivity contribution is -0.139. The van der Waals surface area contributed by atoms with Gasteiger partial charge in [-0.2, -0.15) is 0 Å². The third-order valence-electron chi connectivity index (χ3n) is 6.54. The van der Waals surface area contributed by atoms with Crippen LogP contribution in [0.5, 0.6) is 5.75 Å². The van der Waals surface area contributed by atoms with Crippen molar-refractivity contribution in [1.82, 2.24) is 9.88 Å². The number of carboxylic acid groups (broad SMARTS) is 1. The second kappa shape index (κ2) is 9.72. The van der Waals surface area contributed by atoms with E-state index < -0.39 is 18.0 Å². The number of Topliss-reactive ketones (excluding diaryl/α,β-unsaturated/α-hetero) is 1. The topological polar surface area (TPSA) is 124 Å². The van der Waals surface area contributed by atoms with E-state index in [1.165, 1.54) is 0 Å². The average Bonchev–Trinajstić information content (AvgIpc) is 3.38. The first-order chi connectivity index (χ1) is 17.0. The maximum absolute atomic E-state index is 13.5. The van der Waals surface area contributed by atoms with E-state index in [1.807, 2.05) is 39.8 Å². The summed E-state index contributed by atoms with van der Waals surface area (Å²) in [7, 11) is 0. The van der Waals surface area contributed by atoms with Gasteiger partial charge in [0.1, 0.15) is 17.3 Å². The van der Waals surface area contributed by atoms with Crippen LogP contribution in [0.4, 0.5) is 5.69 Å². The lowest BCUT2D eigenvalue weighted by Crippen LogP contribution is -2.31. The van der Waals surface area contributed by atoms with Crippen molar-refractivity contribution in [3.63, 3.8) is 0 Å². The minimum Gasteiger partial charge on any atom is -0.479 e. The number of nitrogens with one attached hydrogen (secondary N) is 1. The predicted octanol–water partition coefficient (Wildman–Crippen LogP) is 3.56. The molecule has 0 unspecified atom stereocenters. The highest BCUT2D eigenvalue weighted by Gasteiger charge is 2.33. The molecule has 2 aliphatic heterocycles. The number of benzene rings is 1. The van der Waals surface area contributed by atoms with Crippen LogP contribution in [0.25, 0.3) is 0 Å². The molecular weight excluding hydrogens is 460 g/mol. The molecule has 0 saturated carbocycles. The Kier molecular flexibility index (Phi) is 6.84. The number of ether oxygens (including phenoxy) is 1. The summed E-state index contributed by atoms with van der Waals surface area (Å²) in [5.41, 5.74) is 3.40. The van der Waals surface area contributed by atoms with Gasteiger partial charge in [0.15, 0.2) is 12.4 Å². The van der Waals surface area contributed by atoms with Crippen LogP contribution >= 0.6 is 0 Å². The molecule has 0 spiro atoms. The van der Waals surface area contributed by atoms with Crippen molar-refractivity contribution in [3.05, 3.63) is 52.3 Å². The molecule has 1 aromatic carbocycles. The van der Waals surface area contributed by atoms with Crippen molar-refractivity contribution in [3.8, 4) is 5.75 Å². The summed E-state index contributed by atoms with van der Waals surface area (Å²) in [4.78, 5) is 45.3. The van der Waals surface area contributed by atoms with Gasteiger partial charge >= 0.3 is 5.97 Å². The van der Waals surface area contributed by atoms with Crippen LogP contribution in [-0.2, 0) is 28.0 Å². The zero-order valence-electron chi connectivity index (χ0n) is 21.2. The van der Waals surface area contributed by atoms with Crippen molar-refractivity contribution in [1.29, 1.82) is 5.41 Å². The van der Waals surface area contributed by atoms with Crippen LogP contribution in [0.3, 0.4) is 0 Å². The number of aromatic nitrogens is 1. The summed E-state index contributed by atoms with van der Waals surface area (Å²) >= 11 is 0. The number of ketones is 1. The minimum absolute atomic E-state index is 0.0110. The van der Waals surface area contributed by atoms with Crippen molar-refractivity contribution in [2.45, 2.75) is 58.9 Å². The molecule has 0 bridgehead atoms. The van der Waals surface area contributed by atoms with E-state index in [4.69, 9.17) is 10.1 Å². The molecule has 0 radical (unpaired) electrons. The highest BCUT2D eigenvalue weighted by molar-refractivity contribution is 6.06. The minimum atomic E-state index is -1.12. The van der Waals surface area contributed by atoms with Crippen molar-refractivity contribution >= 4 is 29.2 Å². The third kappa shape index (κ3) is 4.96. The number of hydrogen-bond donors (Lipinski definition) is 2. The molecule has 0 aliphatic carbocycles. The monoisotopic (exact) mass is 492 g/mol. The quantitative estimate of drug-likeness (QED) is 0.540. The van der Waals surface area contributed by atoms with Crippen molar-refractivity contribution in [2.24, 2.45) is 0 Å². The van der Waals surface area contributed by atoms with E-state index in [2.05, 4.69) is 4.98 Å². The highest BCUT2D eigenvalue weighted by Crippen LogP contribution is 2.42. The lowest BCUT2D eigenvalue weighted by atomic mass is 9.84. The molecule has 9 heteroatoms. The summed E-state index contributed by atoms with van der Waals surface area (Å²) in [6.07, 6.45) is 1.83. The molecule has 2 N–H and O–H groups in total. The molecule has 1 amide bonds. The van der Waals surface area contributed by atoms with Gasteiger partial charge in [-0.1, -0.05) is 33.8 Å². The molecule has 2 aromatic rings. The van der Waals surface area contributed by atoms with Gasteiger partial charge in [0.2, 0.25) is 5.91 Å². The molecule has 2 aliphatic rings. The maximum atomic E-state index is 13.5. The standard InChI is InChI=1S/C27H32N4O5/c1-5-18-9-8-16-13-30(26(28)24(16)29-18)14-21(32)17-11-19(27(2,3)4)25(36-15-23(34)35)20(12-17)31-10-6-7-22(31)33/h8-9,11-12,28H,5-7,10,13-15H2,1-4H3,(H,34,35). The molecule has 3 heterocycles. The molecule has 0 atom stereocenters. The van der Waals surface area contributed by atoms with E-state index in [1.54, 1.807) is 21.9 Å². The van der Waals surface area contributed by atoms with Gasteiger partial charge < -0.3 is 19.6 Å². The van der Waals surface area contributed by atoms with E-state index in [9.17, 15) is 19.5 Å². The Morgan fingerprint density at radius 3 is 2.58 bits per heavy atom. The number of rotatable bonds is 8. The Balaban J connectivity index is 1.70. The second-order valence-corrected chi connectivity index (χ2v) is 10.2. The Hall–Kier alpha value is -3.75. The number of amides is 1. The number of amidine groups is 1. The van der Waals surface area contributed by atoms with Crippen molar-refractivity contribution in [2.75, 3.05) is 24.6 Å². The summed E-state index contributed by atoms with van der Waals surface area (Å²) in [6, 6.07) is 7.26. The number of anilines is 1. The first-order valence-electron chi connectivity index (χ1n) is 12.2. The van der Waals surface area contributed by atoms with Crippen molar-refractivity contribution < 1.29 is 24.2 Å². The molecule has 190 valence electrons. The van der Waals surface area contributed by atoms with Crippen LogP contribution in [0, 0.1) is 5.41 Å². The second-order valence-electron chi connectivity index (χ2n) is 10.2. The van der Waals surface area contributed by atoms with Gasteiger partial charge in [0.25, 0.3) is 0 Å². The van der Waals surface area contributed by atoms with Crippen LogP contribution in [-0.4, -0.2) is 58.2 Å². The zero-order valence-corrected chi connectivity index (χ0v) is 21.2. The largest absolute Gasteiger partial charge is 0.479 e. The Labute approximate surface area is 210 Å². The SMILES string of the molecule is CCc1ccc2c(n1)C(=N)N(CC(=O)c1cc(N3CCCC3=O)c(OCC(=O)O)c(C(C)(C)C)c1)C2. The van der Waals surface area contributed by atoms with Gasteiger partial charge in [-0.05, 0) is 36.5 Å². The maximum Gasteiger partial charge on any atom is 0.341 e. The lowest BCUT2D eigenvalue weighted by Gasteiger charge is -2.28. The zero-order chi connectivity index (χ0) is 26.2. The number of aryl methyl sites for hydroxylation is 1. The van der Waals surface area contributed by atoms with Gasteiger partial charge in [0.05, 0.1) is 12.2 Å². The average molecular weight is 493 g/mol. The van der Waals surface area contributed by atoms with Gasteiger partial charge in [-0.25, -0.2) is 9.78 Å². The van der Waals surface area contributed by atoms with Gasteiger partial charge in [0, 0.05) is 41.9 Å². The van der Waals surface area contributed by atoms with E-state index in [0.29, 0.717) is 54.2 Å². The molecule has 4 rings (SSSR count). The molecular formula is C27H32N4O5. The fraction of sp³-hybridized carbons (Fsp3) is 0.444. The number of fused-ring (bicyclic) bond motifs is 1. The predicted molar refractivity (Wildman–Crippen MR) is 135 cm³/mol. The number of pyridine rings is 1. The molecule has 1 saturated heterocycles. The number of nitrogens with zero attached hydrogens (tertiary/aromatic N) is 3. The first-order valence-corrected chi connectivity index (χ1v) is 12.2. The van der Waals surface area contributed by atoms with Crippen LogP contribution in [0.15, 0.2) is 24.3 Å². The molecule has 1 fully saturated rings. The van der Waals surface area contributed by atoms with Gasteiger partial charge in [-0.15, -0.1) is 0 Å². The number of hydrogen-bond acceptors (Lipinski definition) is 6. The Morgan fingerprint density at radius 2 is 1.97 bits per heavy atom. The smallest absolute Gasteiger partial charge is 0.341 e. The third-order valence-corrected chi connectivity index (χ3v) is 6.54. The molecule has 9 nitrogen and oxygen atoms in total. The number of carboxylic acids is 1. The number of aliphatic carboxylic acids is 1. The van der Waals surface area contributed by atoms with Gasteiger partial charge in [-0.3, -0.25) is 15.0 Å². The van der Waals surface area contributed by atoms with Crippen LogP contribution < -0.4 is 9.64 Å². The van der Waals surface area contributed by atoms with Crippen LogP contribution in [0.2, 0.25) is 0 Å². The fourth-order valence-corrected chi connectivity index (χ4v) is 4.61. The molecule has 1 aromatic heterocycles. The normalized spacial score (nSPS) is 15.4. The summed E-state index contributed by atoms with van der Waals surface area (Å²) in [6.45, 7) is 8.19. The Morgan fingerprint density at radius 1 is 1.22 bits per heavy atom. The van der Waals surface area contributed by atoms with Crippen LogP contribution in [0.1, 0.15) is 73.4 Å². The summed E-state index contributed by atoms with van der Waals surface area (Å²) < 4.78 is 5.71. The highest BCUT2D eigenvalue weighted by atomic mass is 16.5. The summed E-state index contributed by atoms with van der Waals surface area (Å²) in [5, 5.41) is 17.8. The molecule has 36 heavy (non-hydrogen) atoms. The fourth-order valence-electron chi connectivity index (χ4n) is 4.61. The first kappa shape index (κ1) is 25.3. The van der Waals surface area contributed by atoms with E-state index in [0.717, 1.165) is 17.7 Å². The Bertz CT molecular complexity index is 1250. The summed E-state index contributed by atoms with van der Waals surface area (Å²) in [5.74, 6) is -0.878.